The Balaban J connectivity index is 1.70. The van der Waals surface area contributed by atoms with E-state index in [0.29, 0.717) is 39.8 Å². The molecule has 9 heteroatoms. The van der Waals surface area contributed by atoms with Gasteiger partial charge in [-0.2, -0.15) is 4.98 Å². The van der Waals surface area contributed by atoms with Gasteiger partial charge in [-0.3, -0.25) is 0 Å². The van der Waals surface area contributed by atoms with Gasteiger partial charge in [0.05, 0.1) is 12.2 Å². The second kappa shape index (κ2) is 9.46. The van der Waals surface area contributed by atoms with E-state index in [1.807, 2.05) is 55.5 Å². The second-order valence-corrected chi connectivity index (χ2v) is 9.15. The summed E-state index contributed by atoms with van der Waals surface area (Å²) in [6.45, 7) is 3.95. The zero-order valence-electron chi connectivity index (χ0n) is 16.9. The zero-order chi connectivity index (χ0) is 22.0. The van der Waals surface area contributed by atoms with Gasteiger partial charge in [0.1, 0.15) is 6.04 Å². The standard InChI is InChI=1S/C22H20BrClN4O2S/c1-3-30-20(29)18-13(2)25-21-26-22(31-12-15-6-4-5-7-17(15)24)27-28(21)19(18)14-8-10-16(23)11-9-14/h4-11,19H,3,12H2,1-2H3,(H,25,26,27). The number of thioether (sulfide) groups is 1. The third-order valence-corrected chi connectivity index (χ3v) is 6.61. The maximum Gasteiger partial charge on any atom is 0.338 e. The highest BCUT2D eigenvalue weighted by atomic mass is 79.9. The second-order valence-electron chi connectivity index (χ2n) is 6.88. The van der Waals surface area contributed by atoms with Crippen LogP contribution in [0.4, 0.5) is 5.95 Å². The smallest absolute Gasteiger partial charge is 0.338 e. The Labute approximate surface area is 198 Å². The van der Waals surface area contributed by atoms with E-state index in [4.69, 9.17) is 21.4 Å². The summed E-state index contributed by atoms with van der Waals surface area (Å²) in [5, 5.41) is 9.24. The van der Waals surface area contributed by atoms with Crippen LogP contribution in [0.15, 0.2) is 69.4 Å². The predicted octanol–water partition coefficient (Wildman–Crippen LogP) is 5.84. The number of hydrogen-bond acceptors (Lipinski definition) is 6. The molecule has 0 amide bonds. The quantitative estimate of drug-likeness (QED) is 0.326. The highest BCUT2D eigenvalue weighted by Gasteiger charge is 2.35. The van der Waals surface area contributed by atoms with Crippen molar-refractivity contribution >= 4 is 51.2 Å². The van der Waals surface area contributed by atoms with Crippen LogP contribution in [0.1, 0.15) is 31.0 Å². The molecule has 1 unspecified atom stereocenters. The Morgan fingerprint density at radius 1 is 1.26 bits per heavy atom. The van der Waals surface area contributed by atoms with Crippen LogP contribution in [0.25, 0.3) is 0 Å². The Morgan fingerprint density at radius 3 is 2.71 bits per heavy atom. The Kier molecular flexibility index (Phi) is 6.69. The molecule has 1 atom stereocenters. The van der Waals surface area contributed by atoms with Crippen molar-refractivity contribution in [2.45, 2.75) is 30.8 Å². The molecule has 0 saturated carbocycles. The maximum absolute atomic E-state index is 12.8. The van der Waals surface area contributed by atoms with Crippen molar-refractivity contribution in [1.29, 1.82) is 0 Å². The number of rotatable bonds is 6. The molecule has 1 N–H and O–H groups in total. The lowest BCUT2D eigenvalue weighted by atomic mass is 9.96. The van der Waals surface area contributed by atoms with Crippen LogP contribution in [-0.4, -0.2) is 27.3 Å². The number of nitrogens with one attached hydrogen (secondary N) is 1. The summed E-state index contributed by atoms with van der Waals surface area (Å²) in [5.41, 5.74) is 3.15. The summed E-state index contributed by atoms with van der Waals surface area (Å²) >= 11 is 11.2. The van der Waals surface area contributed by atoms with Gasteiger partial charge in [-0.1, -0.05) is 69.6 Å². The number of allylic oxidation sites excluding steroid dienone is 1. The van der Waals surface area contributed by atoms with Gasteiger partial charge in [-0.05, 0) is 43.2 Å². The molecule has 1 aliphatic rings. The molecule has 3 aromatic rings. The minimum absolute atomic E-state index is 0.297. The van der Waals surface area contributed by atoms with Gasteiger partial charge in [-0.15, -0.1) is 5.10 Å². The summed E-state index contributed by atoms with van der Waals surface area (Å²) in [4.78, 5) is 17.5. The normalized spacial score (nSPS) is 15.4. The number of anilines is 1. The maximum atomic E-state index is 12.8. The van der Waals surface area contributed by atoms with Crippen LogP contribution in [0.2, 0.25) is 5.02 Å². The van der Waals surface area contributed by atoms with Crippen molar-refractivity contribution in [1.82, 2.24) is 14.8 Å². The van der Waals surface area contributed by atoms with Crippen molar-refractivity contribution in [2.75, 3.05) is 11.9 Å². The molecule has 0 aliphatic carbocycles. The molecule has 160 valence electrons. The topological polar surface area (TPSA) is 69.0 Å². The van der Waals surface area contributed by atoms with E-state index in [-0.39, 0.29) is 5.97 Å². The first-order valence-electron chi connectivity index (χ1n) is 9.71. The number of esters is 1. The highest BCUT2D eigenvalue weighted by Crippen LogP contribution is 2.37. The lowest BCUT2D eigenvalue weighted by Gasteiger charge is -2.28. The highest BCUT2D eigenvalue weighted by molar-refractivity contribution is 9.10. The fourth-order valence-electron chi connectivity index (χ4n) is 3.38. The number of aromatic nitrogens is 3. The van der Waals surface area contributed by atoms with Crippen molar-refractivity contribution in [3.8, 4) is 0 Å². The number of ether oxygens (including phenoxy) is 1. The van der Waals surface area contributed by atoms with Crippen LogP contribution in [-0.2, 0) is 15.3 Å². The van der Waals surface area contributed by atoms with Gasteiger partial charge in [0.15, 0.2) is 0 Å². The Morgan fingerprint density at radius 2 is 2.00 bits per heavy atom. The Bertz CT molecular complexity index is 1150. The zero-order valence-corrected chi connectivity index (χ0v) is 20.1. The molecule has 0 spiro atoms. The van der Waals surface area contributed by atoms with Gasteiger partial charge in [0.2, 0.25) is 11.1 Å². The third kappa shape index (κ3) is 4.66. The van der Waals surface area contributed by atoms with Crippen molar-refractivity contribution in [2.24, 2.45) is 0 Å². The number of benzene rings is 2. The molecule has 2 heterocycles. The van der Waals surface area contributed by atoms with E-state index in [1.54, 1.807) is 11.6 Å². The number of halogens is 2. The summed E-state index contributed by atoms with van der Waals surface area (Å²) in [5.74, 6) is 0.857. The van der Waals surface area contributed by atoms with Crippen LogP contribution in [0, 0.1) is 0 Å². The minimum Gasteiger partial charge on any atom is -0.463 e. The molecule has 1 aromatic heterocycles. The van der Waals surface area contributed by atoms with Gasteiger partial charge in [0.25, 0.3) is 0 Å². The van der Waals surface area contributed by atoms with Crippen LogP contribution in [0.3, 0.4) is 0 Å². The lowest BCUT2D eigenvalue weighted by molar-refractivity contribution is -0.139. The third-order valence-electron chi connectivity index (χ3n) is 4.83. The van der Waals surface area contributed by atoms with E-state index in [2.05, 4.69) is 26.2 Å². The molecule has 1 aliphatic heterocycles. The van der Waals surface area contributed by atoms with Crippen molar-refractivity contribution < 1.29 is 9.53 Å². The molecule has 0 saturated heterocycles. The van der Waals surface area contributed by atoms with Gasteiger partial charge in [0, 0.05) is 20.9 Å². The molecule has 2 aromatic carbocycles. The predicted molar refractivity (Wildman–Crippen MR) is 126 cm³/mol. The molecular weight excluding hydrogens is 500 g/mol. The van der Waals surface area contributed by atoms with E-state index < -0.39 is 6.04 Å². The van der Waals surface area contributed by atoms with Crippen molar-refractivity contribution in [3.63, 3.8) is 0 Å². The number of carbonyl (C=O) groups excluding carboxylic acids is 1. The monoisotopic (exact) mass is 518 g/mol. The fraction of sp³-hybridized carbons (Fsp3) is 0.227. The van der Waals surface area contributed by atoms with Gasteiger partial charge in [-0.25, -0.2) is 9.48 Å². The van der Waals surface area contributed by atoms with E-state index in [0.717, 1.165) is 15.6 Å². The Hall–Kier alpha value is -2.29. The SMILES string of the molecule is CCOC(=O)C1=C(C)Nc2nc(SCc3ccccc3Cl)nn2C1c1ccc(Br)cc1. The first-order valence-corrected chi connectivity index (χ1v) is 11.9. The van der Waals surface area contributed by atoms with E-state index >= 15 is 0 Å². The fourth-order valence-corrected chi connectivity index (χ4v) is 4.76. The van der Waals surface area contributed by atoms with E-state index in [1.165, 1.54) is 11.8 Å². The number of hydrogen-bond donors (Lipinski definition) is 1. The minimum atomic E-state index is -0.439. The molecular formula is C22H20BrClN4O2S. The molecule has 4 rings (SSSR count). The molecule has 0 radical (unpaired) electrons. The first-order chi connectivity index (χ1) is 15.0. The number of carbonyl (C=O) groups is 1. The molecule has 0 bridgehead atoms. The largest absolute Gasteiger partial charge is 0.463 e. The van der Waals surface area contributed by atoms with Gasteiger partial charge >= 0.3 is 5.97 Å². The summed E-state index contributed by atoms with van der Waals surface area (Å²) in [6, 6.07) is 15.1. The summed E-state index contributed by atoms with van der Waals surface area (Å²) in [6.07, 6.45) is 0. The van der Waals surface area contributed by atoms with Crippen molar-refractivity contribution in [3.05, 3.63) is 80.4 Å². The molecule has 0 fully saturated rings. The summed E-state index contributed by atoms with van der Waals surface area (Å²) in [7, 11) is 0. The number of nitrogens with zero attached hydrogens (tertiary/aromatic N) is 3. The van der Waals surface area contributed by atoms with Crippen LogP contribution in [0.5, 0.6) is 0 Å². The average molecular weight is 520 g/mol. The first kappa shape index (κ1) is 21.9. The molecule has 6 nitrogen and oxygen atoms in total. The number of fused-ring (bicyclic) bond motifs is 1. The van der Waals surface area contributed by atoms with Crippen LogP contribution < -0.4 is 5.32 Å². The van der Waals surface area contributed by atoms with E-state index in [9.17, 15) is 4.79 Å². The van der Waals surface area contributed by atoms with Gasteiger partial charge < -0.3 is 10.1 Å². The van der Waals surface area contributed by atoms with Crippen LogP contribution >= 0.6 is 39.3 Å². The lowest BCUT2D eigenvalue weighted by Crippen LogP contribution is -2.29. The average Bonchev–Trinajstić information content (AvgIpc) is 3.15. The molecule has 31 heavy (non-hydrogen) atoms. The summed E-state index contributed by atoms with van der Waals surface area (Å²) < 4.78 is 8.04.